The number of halogens is 2. The minimum absolute atomic E-state index is 0.0225. The molecule has 2 N–H and O–H groups in total. The number of amides is 1. The van der Waals surface area contributed by atoms with Crippen molar-refractivity contribution in [3.8, 4) is 0 Å². The molecule has 0 saturated heterocycles. The zero-order valence-electron chi connectivity index (χ0n) is 16.1. The third-order valence-electron chi connectivity index (χ3n) is 4.41. The van der Waals surface area contributed by atoms with Gasteiger partial charge in [0.15, 0.2) is 0 Å². The van der Waals surface area contributed by atoms with E-state index in [4.69, 9.17) is 0 Å². The Labute approximate surface area is 183 Å². The molecule has 0 radical (unpaired) electrons. The molecule has 1 aliphatic heterocycles. The van der Waals surface area contributed by atoms with E-state index in [0.717, 1.165) is 19.3 Å². The first-order valence-corrected chi connectivity index (χ1v) is 11.7. The molecule has 0 aliphatic carbocycles. The van der Waals surface area contributed by atoms with Crippen molar-refractivity contribution in [3.05, 3.63) is 64.4 Å². The van der Waals surface area contributed by atoms with Crippen LogP contribution in [0.5, 0.6) is 0 Å². The molecule has 0 spiro atoms. The van der Waals surface area contributed by atoms with E-state index in [1.807, 2.05) is 0 Å². The molecule has 158 valence electrons. The standard InChI is InChI=1S/C21H21BrFN3O3S/c22-16-9-10-19(23)15(13-16)8-11-21(27)25-17-5-4-6-18(14-17)30(28,29)26-20-7-2-1-3-12-24-20/h4-6,8-11,13-14H,1-3,7,12H2,(H,24,26)(H,25,27)/b11-8+. The first-order valence-electron chi connectivity index (χ1n) is 9.44. The number of sulfonamides is 1. The van der Waals surface area contributed by atoms with E-state index < -0.39 is 21.7 Å². The van der Waals surface area contributed by atoms with Crippen molar-refractivity contribution in [3.63, 3.8) is 0 Å². The van der Waals surface area contributed by atoms with Gasteiger partial charge in [0, 0.05) is 34.8 Å². The van der Waals surface area contributed by atoms with Crippen LogP contribution in [0.1, 0.15) is 31.2 Å². The van der Waals surface area contributed by atoms with Gasteiger partial charge in [0.2, 0.25) is 5.91 Å². The Morgan fingerprint density at radius 1 is 1.13 bits per heavy atom. The van der Waals surface area contributed by atoms with Crippen molar-refractivity contribution < 1.29 is 17.6 Å². The first kappa shape index (κ1) is 22.2. The Kier molecular flexibility index (Phi) is 7.38. The third-order valence-corrected chi connectivity index (χ3v) is 6.28. The first-order chi connectivity index (χ1) is 14.3. The van der Waals surface area contributed by atoms with Gasteiger partial charge in [-0.15, -0.1) is 0 Å². The molecule has 2 aromatic carbocycles. The van der Waals surface area contributed by atoms with Crippen molar-refractivity contribution in [1.29, 1.82) is 0 Å². The molecule has 0 fully saturated rings. The van der Waals surface area contributed by atoms with Gasteiger partial charge in [0.05, 0.1) is 4.90 Å². The number of amidine groups is 1. The molecule has 30 heavy (non-hydrogen) atoms. The summed E-state index contributed by atoms with van der Waals surface area (Å²) in [7, 11) is -3.80. The summed E-state index contributed by atoms with van der Waals surface area (Å²) in [4.78, 5) is 16.5. The van der Waals surface area contributed by atoms with E-state index in [-0.39, 0.29) is 10.5 Å². The lowest BCUT2D eigenvalue weighted by Gasteiger charge is -2.11. The second kappa shape index (κ2) is 9.99. The average Bonchev–Trinajstić information content (AvgIpc) is 2.97. The summed E-state index contributed by atoms with van der Waals surface area (Å²) in [6, 6.07) is 10.3. The number of rotatable bonds is 5. The summed E-state index contributed by atoms with van der Waals surface area (Å²) >= 11 is 3.25. The van der Waals surface area contributed by atoms with Crippen LogP contribution in [-0.4, -0.2) is 26.7 Å². The monoisotopic (exact) mass is 493 g/mol. The smallest absolute Gasteiger partial charge is 0.262 e. The number of carbonyl (C=O) groups is 1. The summed E-state index contributed by atoms with van der Waals surface area (Å²) in [5, 5.41) is 2.59. The molecular formula is C21H21BrFN3O3S. The highest BCUT2D eigenvalue weighted by molar-refractivity contribution is 9.10. The van der Waals surface area contributed by atoms with Crippen LogP contribution in [0.3, 0.4) is 0 Å². The van der Waals surface area contributed by atoms with Gasteiger partial charge in [-0.25, -0.2) is 12.8 Å². The maximum Gasteiger partial charge on any atom is 0.262 e. The predicted octanol–water partition coefficient (Wildman–Crippen LogP) is 4.49. The highest BCUT2D eigenvalue weighted by Gasteiger charge is 2.17. The summed E-state index contributed by atoms with van der Waals surface area (Å²) < 4.78 is 42.3. The Morgan fingerprint density at radius 3 is 2.80 bits per heavy atom. The Bertz CT molecular complexity index is 1100. The van der Waals surface area contributed by atoms with Crippen molar-refractivity contribution in [2.75, 3.05) is 11.9 Å². The molecule has 1 aliphatic rings. The van der Waals surface area contributed by atoms with E-state index in [9.17, 15) is 17.6 Å². The maximum absolute atomic E-state index is 13.8. The van der Waals surface area contributed by atoms with Crippen LogP contribution in [0.15, 0.2) is 62.9 Å². The highest BCUT2D eigenvalue weighted by Crippen LogP contribution is 2.18. The molecule has 0 aromatic heterocycles. The fourth-order valence-electron chi connectivity index (χ4n) is 2.90. The molecule has 0 bridgehead atoms. The maximum atomic E-state index is 13.8. The number of hydrogen-bond donors (Lipinski definition) is 2. The van der Waals surface area contributed by atoms with E-state index in [0.29, 0.717) is 29.0 Å². The van der Waals surface area contributed by atoms with Crippen LogP contribution < -0.4 is 10.0 Å². The van der Waals surface area contributed by atoms with Gasteiger partial charge in [-0.3, -0.25) is 14.5 Å². The Morgan fingerprint density at radius 2 is 1.97 bits per heavy atom. The quantitative estimate of drug-likeness (QED) is 0.601. The van der Waals surface area contributed by atoms with E-state index in [1.165, 1.54) is 36.4 Å². The normalized spacial score (nSPS) is 14.8. The fraction of sp³-hybridized carbons (Fsp3) is 0.238. The van der Waals surface area contributed by atoms with Gasteiger partial charge in [-0.1, -0.05) is 28.4 Å². The molecule has 0 atom stereocenters. The topological polar surface area (TPSA) is 87.6 Å². The van der Waals surface area contributed by atoms with Crippen LogP contribution in [0.4, 0.5) is 10.1 Å². The molecule has 0 unspecified atom stereocenters. The van der Waals surface area contributed by atoms with Gasteiger partial charge in [-0.2, -0.15) is 0 Å². The number of benzene rings is 2. The highest BCUT2D eigenvalue weighted by atomic mass is 79.9. The van der Waals surface area contributed by atoms with E-state index in [2.05, 4.69) is 31.0 Å². The van der Waals surface area contributed by atoms with Crippen LogP contribution in [-0.2, 0) is 14.8 Å². The molecule has 1 heterocycles. The number of anilines is 1. The largest absolute Gasteiger partial charge is 0.322 e. The molecule has 0 saturated carbocycles. The zero-order valence-corrected chi connectivity index (χ0v) is 18.5. The van der Waals surface area contributed by atoms with Crippen molar-refractivity contribution in [2.24, 2.45) is 4.99 Å². The second-order valence-electron chi connectivity index (χ2n) is 6.76. The minimum Gasteiger partial charge on any atom is -0.322 e. The number of aliphatic imine (C=N–C) groups is 1. The van der Waals surface area contributed by atoms with Gasteiger partial charge in [0.25, 0.3) is 10.0 Å². The summed E-state index contributed by atoms with van der Waals surface area (Å²) in [5.41, 5.74) is 0.564. The lowest BCUT2D eigenvalue weighted by molar-refractivity contribution is -0.111. The van der Waals surface area contributed by atoms with Gasteiger partial charge < -0.3 is 5.32 Å². The van der Waals surface area contributed by atoms with E-state index in [1.54, 1.807) is 18.2 Å². The number of hydrogen-bond acceptors (Lipinski definition) is 4. The minimum atomic E-state index is -3.80. The van der Waals surface area contributed by atoms with Gasteiger partial charge in [0.1, 0.15) is 11.7 Å². The predicted molar refractivity (Wildman–Crippen MR) is 119 cm³/mol. The zero-order chi connectivity index (χ0) is 21.6. The van der Waals surface area contributed by atoms with Crippen LogP contribution >= 0.6 is 15.9 Å². The van der Waals surface area contributed by atoms with E-state index >= 15 is 0 Å². The second-order valence-corrected chi connectivity index (χ2v) is 9.36. The Hall–Kier alpha value is -2.52. The van der Waals surface area contributed by atoms with Gasteiger partial charge in [-0.05, 0) is 55.3 Å². The lowest BCUT2D eigenvalue weighted by Crippen LogP contribution is -2.30. The van der Waals surface area contributed by atoms with Crippen molar-refractivity contribution >= 4 is 49.5 Å². The van der Waals surface area contributed by atoms with Crippen LogP contribution in [0.2, 0.25) is 0 Å². The number of nitrogens with one attached hydrogen (secondary N) is 2. The summed E-state index contributed by atoms with van der Waals surface area (Å²) in [6.07, 6.45) is 5.99. The van der Waals surface area contributed by atoms with Crippen molar-refractivity contribution in [2.45, 2.75) is 30.6 Å². The third kappa shape index (κ3) is 6.24. The molecule has 6 nitrogen and oxygen atoms in total. The Balaban J connectivity index is 1.70. The lowest BCUT2D eigenvalue weighted by atomic mass is 10.2. The molecule has 3 rings (SSSR count). The number of nitrogens with zero attached hydrogens (tertiary/aromatic N) is 1. The van der Waals surface area contributed by atoms with Crippen LogP contribution in [0.25, 0.3) is 6.08 Å². The fourth-order valence-corrected chi connectivity index (χ4v) is 4.42. The average molecular weight is 494 g/mol. The van der Waals surface area contributed by atoms with Crippen molar-refractivity contribution in [1.82, 2.24) is 4.72 Å². The molecule has 9 heteroatoms. The molecule has 1 amide bonds. The molecular weight excluding hydrogens is 473 g/mol. The SMILES string of the molecule is O=C(/C=C/c1cc(Br)ccc1F)Nc1cccc(S(=O)(=O)NC2=NCCCCC2)c1. The van der Waals surface area contributed by atoms with Crippen LogP contribution in [0, 0.1) is 5.82 Å². The van der Waals surface area contributed by atoms with Gasteiger partial charge >= 0.3 is 0 Å². The summed E-state index contributed by atoms with van der Waals surface area (Å²) in [6.45, 7) is 0.610. The number of carbonyl (C=O) groups excluding carboxylic acids is 1. The summed E-state index contributed by atoms with van der Waals surface area (Å²) in [5.74, 6) is -0.506. The molecule has 2 aromatic rings.